The van der Waals surface area contributed by atoms with E-state index in [1.54, 1.807) is 11.3 Å². The largest absolute Gasteiger partial charge is 0.345 e. The Kier molecular flexibility index (Phi) is 3.94. The van der Waals surface area contributed by atoms with Gasteiger partial charge in [0, 0.05) is 9.35 Å². The first-order chi connectivity index (χ1) is 9.63. The van der Waals surface area contributed by atoms with Crippen molar-refractivity contribution in [3.05, 3.63) is 55.7 Å². The molecule has 2 nitrogen and oxygen atoms in total. The minimum Gasteiger partial charge on any atom is -0.345 e. The molecule has 20 heavy (non-hydrogen) atoms. The second kappa shape index (κ2) is 5.70. The van der Waals surface area contributed by atoms with Crippen molar-refractivity contribution in [2.75, 3.05) is 0 Å². The number of fused-ring (bicyclic) bond motifs is 1. The maximum absolute atomic E-state index is 12.3. The zero-order valence-electron chi connectivity index (χ0n) is 11.3. The maximum Gasteiger partial charge on any atom is 0.261 e. The summed E-state index contributed by atoms with van der Waals surface area (Å²) in [4.78, 5) is 14.5. The van der Waals surface area contributed by atoms with E-state index in [0.717, 1.165) is 27.8 Å². The van der Waals surface area contributed by atoms with Gasteiger partial charge in [-0.05, 0) is 55.5 Å². The van der Waals surface area contributed by atoms with Crippen LogP contribution in [0.3, 0.4) is 0 Å². The van der Waals surface area contributed by atoms with Crippen molar-refractivity contribution in [3.63, 3.8) is 0 Å². The second-order valence-electron chi connectivity index (χ2n) is 5.16. The molecule has 1 heterocycles. The van der Waals surface area contributed by atoms with Crippen LogP contribution in [0, 0.1) is 0 Å². The Hall–Kier alpha value is -1.13. The van der Waals surface area contributed by atoms with Crippen LogP contribution in [-0.4, -0.2) is 5.91 Å². The van der Waals surface area contributed by atoms with Gasteiger partial charge >= 0.3 is 0 Å². The predicted octanol–water partition coefficient (Wildman–Crippen LogP) is 4.49. The van der Waals surface area contributed by atoms with Gasteiger partial charge in [0.25, 0.3) is 5.91 Å². The van der Waals surface area contributed by atoms with E-state index in [0.29, 0.717) is 0 Å². The Morgan fingerprint density at radius 3 is 2.75 bits per heavy atom. The maximum atomic E-state index is 12.3. The van der Waals surface area contributed by atoms with E-state index in [1.807, 2.05) is 31.2 Å². The third kappa shape index (κ3) is 2.81. The molecule has 104 valence electrons. The van der Waals surface area contributed by atoms with Crippen molar-refractivity contribution in [2.45, 2.75) is 32.2 Å². The van der Waals surface area contributed by atoms with Crippen LogP contribution in [0.5, 0.6) is 0 Å². The highest BCUT2D eigenvalue weighted by Crippen LogP contribution is 2.30. The van der Waals surface area contributed by atoms with E-state index < -0.39 is 0 Å². The highest BCUT2D eigenvalue weighted by Gasteiger charge is 2.19. The number of thiophene rings is 1. The number of carbonyl (C=O) groups excluding carboxylic acids is 1. The van der Waals surface area contributed by atoms with Gasteiger partial charge in [-0.2, -0.15) is 0 Å². The van der Waals surface area contributed by atoms with Crippen molar-refractivity contribution < 1.29 is 4.79 Å². The van der Waals surface area contributed by atoms with Crippen molar-refractivity contribution in [2.24, 2.45) is 0 Å². The van der Waals surface area contributed by atoms with Gasteiger partial charge in [-0.25, -0.2) is 0 Å². The van der Waals surface area contributed by atoms with Crippen LogP contribution in [0.15, 0.2) is 34.8 Å². The van der Waals surface area contributed by atoms with E-state index in [9.17, 15) is 4.79 Å². The SMILES string of the molecule is C[C@H](NC(=O)c1cc2c(s1)CCC2)c1ccc(Br)cc1. The second-order valence-corrected chi connectivity index (χ2v) is 7.21. The van der Waals surface area contributed by atoms with Crippen LogP contribution in [-0.2, 0) is 12.8 Å². The number of benzene rings is 1. The van der Waals surface area contributed by atoms with Crippen LogP contribution >= 0.6 is 27.3 Å². The fraction of sp³-hybridized carbons (Fsp3) is 0.312. The summed E-state index contributed by atoms with van der Waals surface area (Å²) >= 11 is 5.07. The molecule has 0 radical (unpaired) electrons. The van der Waals surface area contributed by atoms with Gasteiger partial charge in [-0.3, -0.25) is 4.79 Å². The molecule has 1 amide bonds. The first kappa shape index (κ1) is 13.8. The minimum absolute atomic E-state index is 0.0209. The molecule has 1 aliphatic rings. The van der Waals surface area contributed by atoms with Crippen LogP contribution in [0.2, 0.25) is 0 Å². The summed E-state index contributed by atoms with van der Waals surface area (Å²) in [6, 6.07) is 10.1. The third-order valence-electron chi connectivity index (χ3n) is 3.69. The van der Waals surface area contributed by atoms with E-state index in [2.05, 4.69) is 27.3 Å². The molecule has 3 rings (SSSR count). The van der Waals surface area contributed by atoms with Crippen LogP contribution < -0.4 is 5.32 Å². The molecule has 0 saturated carbocycles. The molecule has 1 atom stereocenters. The first-order valence-electron chi connectivity index (χ1n) is 6.81. The van der Waals surface area contributed by atoms with Gasteiger partial charge in [-0.15, -0.1) is 11.3 Å². The number of halogens is 1. The fourth-order valence-electron chi connectivity index (χ4n) is 2.54. The molecular formula is C16H16BrNOS. The highest BCUT2D eigenvalue weighted by molar-refractivity contribution is 9.10. The summed E-state index contributed by atoms with van der Waals surface area (Å²) in [6.45, 7) is 2.02. The summed E-state index contributed by atoms with van der Waals surface area (Å²) in [5.41, 5.74) is 2.49. The van der Waals surface area contributed by atoms with Gasteiger partial charge in [0.15, 0.2) is 0 Å². The number of nitrogens with one attached hydrogen (secondary N) is 1. The molecule has 0 fully saturated rings. The highest BCUT2D eigenvalue weighted by atomic mass is 79.9. The fourth-order valence-corrected chi connectivity index (χ4v) is 3.96. The zero-order chi connectivity index (χ0) is 14.1. The van der Waals surface area contributed by atoms with Gasteiger partial charge in [0.2, 0.25) is 0 Å². The Morgan fingerprint density at radius 2 is 2.05 bits per heavy atom. The average molecular weight is 350 g/mol. The van der Waals surface area contributed by atoms with E-state index in [4.69, 9.17) is 0 Å². The zero-order valence-corrected chi connectivity index (χ0v) is 13.7. The number of rotatable bonds is 3. The van der Waals surface area contributed by atoms with E-state index >= 15 is 0 Å². The Morgan fingerprint density at radius 1 is 1.30 bits per heavy atom. The van der Waals surface area contributed by atoms with Crippen molar-refractivity contribution in [1.29, 1.82) is 0 Å². The Balaban J connectivity index is 1.70. The molecule has 0 saturated heterocycles. The molecule has 0 aliphatic heterocycles. The lowest BCUT2D eigenvalue weighted by Crippen LogP contribution is -2.25. The topological polar surface area (TPSA) is 29.1 Å². The quantitative estimate of drug-likeness (QED) is 0.868. The Bertz CT molecular complexity index is 611. The standard InChI is InChI=1S/C16H16BrNOS/c1-10(11-5-7-13(17)8-6-11)18-16(19)15-9-12-3-2-4-14(12)20-15/h5-10H,2-4H2,1H3,(H,18,19)/t10-/m0/s1. The predicted molar refractivity (Wildman–Crippen MR) is 86.4 cm³/mol. The molecule has 0 unspecified atom stereocenters. The van der Waals surface area contributed by atoms with Gasteiger partial charge in [-0.1, -0.05) is 28.1 Å². The van der Waals surface area contributed by atoms with Crippen LogP contribution in [0.25, 0.3) is 0 Å². The van der Waals surface area contributed by atoms with E-state index in [-0.39, 0.29) is 11.9 Å². The Labute approximate surface area is 131 Å². The van der Waals surface area contributed by atoms with Crippen LogP contribution in [0.4, 0.5) is 0 Å². The van der Waals surface area contributed by atoms with Gasteiger partial charge in [0.1, 0.15) is 0 Å². The molecule has 0 bridgehead atoms. The van der Waals surface area contributed by atoms with Crippen LogP contribution in [0.1, 0.15) is 45.1 Å². The molecule has 1 aliphatic carbocycles. The number of hydrogen-bond acceptors (Lipinski definition) is 2. The normalized spacial score (nSPS) is 14.9. The van der Waals surface area contributed by atoms with Crippen molar-refractivity contribution in [1.82, 2.24) is 5.32 Å². The summed E-state index contributed by atoms with van der Waals surface area (Å²) < 4.78 is 1.05. The van der Waals surface area contributed by atoms with Crippen molar-refractivity contribution >= 4 is 33.2 Å². The van der Waals surface area contributed by atoms with Crippen molar-refractivity contribution in [3.8, 4) is 0 Å². The third-order valence-corrected chi connectivity index (χ3v) is 5.45. The molecular weight excluding hydrogens is 334 g/mol. The molecule has 1 aromatic carbocycles. The summed E-state index contributed by atoms with van der Waals surface area (Å²) in [5.74, 6) is 0.0415. The number of carbonyl (C=O) groups is 1. The van der Waals surface area contributed by atoms with Gasteiger partial charge in [0.05, 0.1) is 10.9 Å². The lowest BCUT2D eigenvalue weighted by molar-refractivity contribution is 0.0944. The minimum atomic E-state index is 0.0209. The molecule has 1 N–H and O–H groups in total. The average Bonchev–Trinajstić information content (AvgIpc) is 2.99. The molecule has 1 aromatic heterocycles. The van der Waals surface area contributed by atoms with E-state index in [1.165, 1.54) is 16.9 Å². The first-order valence-corrected chi connectivity index (χ1v) is 8.42. The summed E-state index contributed by atoms with van der Waals surface area (Å²) in [5, 5.41) is 3.08. The lowest BCUT2D eigenvalue weighted by atomic mass is 10.1. The number of hydrogen-bond donors (Lipinski definition) is 1. The van der Waals surface area contributed by atoms with Gasteiger partial charge < -0.3 is 5.32 Å². The molecule has 4 heteroatoms. The molecule has 0 spiro atoms. The smallest absolute Gasteiger partial charge is 0.261 e. The summed E-state index contributed by atoms with van der Waals surface area (Å²) in [7, 11) is 0. The number of amides is 1. The lowest BCUT2D eigenvalue weighted by Gasteiger charge is -2.13. The number of aryl methyl sites for hydroxylation is 2. The summed E-state index contributed by atoms with van der Waals surface area (Å²) in [6.07, 6.45) is 3.50. The molecule has 2 aromatic rings. The monoisotopic (exact) mass is 349 g/mol.